The first-order chi connectivity index (χ1) is 7.50. The van der Waals surface area contributed by atoms with E-state index < -0.39 is 29.0 Å². The van der Waals surface area contributed by atoms with Crippen molar-refractivity contribution in [2.45, 2.75) is 12.5 Å². The highest BCUT2D eigenvalue weighted by Gasteiger charge is 2.28. The summed E-state index contributed by atoms with van der Waals surface area (Å²) in [6.07, 6.45) is 0.539. The summed E-state index contributed by atoms with van der Waals surface area (Å²) in [5.74, 6) is -5.52. The first kappa shape index (κ1) is 11.2. The molecule has 1 aliphatic heterocycles. The van der Waals surface area contributed by atoms with Crippen molar-refractivity contribution in [1.29, 1.82) is 0 Å². The lowest BCUT2D eigenvalue weighted by Crippen LogP contribution is -2.28. The maximum absolute atomic E-state index is 13.4. The Balaban J connectivity index is 2.47. The lowest BCUT2D eigenvalue weighted by Gasteiger charge is -2.19. The number of halogens is 4. The summed E-state index contributed by atoms with van der Waals surface area (Å²) in [7, 11) is 0. The molecule has 0 spiro atoms. The lowest BCUT2D eigenvalue weighted by atomic mass is 10.2. The smallest absolute Gasteiger partial charge is 0.185 e. The molecule has 1 fully saturated rings. The van der Waals surface area contributed by atoms with Gasteiger partial charge in [0.2, 0.25) is 0 Å². The van der Waals surface area contributed by atoms with Crippen molar-refractivity contribution < 1.29 is 17.6 Å². The summed E-state index contributed by atoms with van der Waals surface area (Å²) >= 11 is 0. The van der Waals surface area contributed by atoms with Gasteiger partial charge in [-0.1, -0.05) is 0 Å². The van der Waals surface area contributed by atoms with E-state index in [1.54, 1.807) is 0 Å². The summed E-state index contributed by atoms with van der Waals surface area (Å²) in [5.41, 5.74) is 4.90. The molecule has 16 heavy (non-hydrogen) atoms. The van der Waals surface area contributed by atoms with Crippen LogP contribution in [0.5, 0.6) is 0 Å². The van der Waals surface area contributed by atoms with E-state index in [0.717, 1.165) is 0 Å². The van der Waals surface area contributed by atoms with Crippen molar-refractivity contribution in [1.82, 2.24) is 0 Å². The summed E-state index contributed by atoms with van der Waals surface area (Å²) in [5, 5.41) is 0. The number of benzene rings is 1. The van der Waals surface area contributed by atoms with Crippen LogP contribution in [-0.4, -0.2) is 19.1 Å². The highest BCUT2D eigenvalue weighted by Crippen LogP contribution is 2.29. The monoisotopic (exact) mass is 234 g/mol. The van der Waals surface area contributed by atoms with Gasteiger partial charge < -0.3 is 10.6 Å². The second-order valence-corrected chi connectivity index (χ2v) is 3.81. The molecule has 0 amide bonds. The Bertz CT molecular complexity index is 396. The van der Waals surface area contributed by atoms with Crippen LogP contribution in [0.2, 0.25) is 0 Å². The maximum atomic E-state index is 13.4. The Morgan fingerprint density at radius 2 is 1.69 bits per heavy atom. The third kappa shape index (κ3) is 1.73. The molecule has 1 atom stereocenters. The minimum atomic E-state index is -1.39. The molecule has 1 aromatic carbocycles. The van der Waals surface area contributed by atoms with Crippen LogP contribution in [-0.2, 0) is 0 Å². The van der Waals surface area contributed by atoms with E-state index in [1.807, 2.05) is 0 Å². The molecule has 1 saturated heterocycles. The summed E-state index contributed by atoms with van der Waals surface area (Å²) in [6, 6.07) is -0.0328. The number of rotatable bonds is 1. The molecule has 2 rings (SSSR count). The Morgan fingerprint density at radius 1 is 1.12 bits per heavy atom. The molecule has 1 unspecified atom stereocenters. The molecule has 1 aliphatic rings. The van der Waals surface area contributed by atoms with Gasteiger partial charge in [-0.25, -0.2) is 17.6 Å². The van der Waals surface area contributed by atoms with E-state index >= 15 is 0 Å². The first-order valence-corrected chi connectivity index (χ1v) is 4.84. The SMILES string of the molecule is NC1CCN(c2c(F)c(F)cc(F)c2F)C1. The quantitative estimate of drug-likeness (QED) is 0.592. The normalized spacial score (nSPS) is 20.6. The van der Waals surface area contributed by atoms with Crippen molar-refractivity contribution in [3.63, 3.8) is 0 Å². The van der Waals surface area contributed by atoms with Crippen LogP contribution in [0.3, 0.4) is 0 Å². The average Bonchev–Trinajstić information content (AvgIpc) is 2.62. The van der Waals surface area contributed by atoms with E-state index in [2.05, 4.69) is 0 Å². The predicted molar refractivity (Wildman–Crippen MR) is 51.1 cm³/mol. The molecule has 0 bridgehead atoms. The number of hydrogen-bond donors (Lipinski definition) is 1. The molecule has 0 aromatic heterocycles. The molecule has 1 aromatic rings. The van der Waals surface area contributed by atoms with E-state index in [4.69, 9.17) is 5.73 Å². The fourth-order valence-electron chi connectivity index (χ4n) is 1.83. The molecule has 2 N–H and O–H groups in total. The zero-order chi connectivity index (χ0) is 11.9. The van der Waals surface area contributed by atoms with Gasteiger partial charge in [-0.15, -0.1) is 0 Å². The molecule has 0 saturated carbocycles. The van der Waals surface area contributed by atoms with E-state index in [9.17, 15) is 17.6 Å². The van der Waals surface area contributed by atoms with Gasteiger partial charge in [-0.3, -0.25) is 0 Å². The van der Waals surface area contributed by atoms with Crippen molar-refractivity contribution in [2.24, 2.45) is 5.73 Å². The van der Waals surface area contributed by atoms with Crippen LogP contribution in [0.1, 0.15) is 6.42 Å². The lowest BCUT2D eigenvalue weighted by molar-refractivity contribution is 0.453. The molecule has 0 aliphatic carbocycles. The van der Waals surface area contributed by atoms with Crippen molar-refractivity contribution in [3.05, 3.63) is 29.3 Å². The van der Waals surface area contributed by atoms with Crippen molar-refractivity contribution in [2.75, 3.05) is 18.0 Å². The zero-order valence-corrected chi connectivity index (χ0v) is 8.31. The average molecular weight is 234 g/mol. The summed E-state index contributed by atoms with van der Waals surface area (Å²) in [6.45, 7) is 0.481. The zero-order valence-electron chi connectivity index (χ0n) is 8.31. The third-order valence-corrected chi connectivity index (χ3v) is 2.63. The van der Waals surface area contributed by atoms with Crippen molar-refractivity contribution in [3.8, 4) is 0 Å². The largest absolute Gasteiger partial charge is 0.365 e. The Kier molecular flexibility index (Phi) is 2.75. The predicted octanol–water partition coefficient (Wildman–Crippen LogP) is 1.78. The van der Waals surface area contributed by atoms with Gasteiger partial charge in [0.25, 0.3) is 0 Å². The van der Waals surface area contributed by atoms with Gasteiger partial charge in [0.05, 0.1) is 0 Å². The van der Waals surface area contributed by atoms with Gasteiger partial charge in [-0.2, -0.15) is 0 Å². The van der Waals surface area contributed by atoms with Gasteiger partial charge in [0.1, 0.15) is 5.69 Å². The van der Waals surface area contributed by atoms with Crippen LogP contribution >= 0.6 is 0 Å². The fourth-order valence-corrected chi connectivity index (χ4v) is 1.83. The number of hydrogen-bond acceptors (Lipinski definition) is 2. The second kappa shape index (κ2) is 3.93. The van der Waals surface area contributed by atoms with E-state index in [-0.39, 0.29) is 25.2 Å². The van der Waals surface area contributed by atoms with Gasteiger partial charge in [0.15, 0.2) is 23.3 Å². The fraction of sp³-hybridized carbons (Fsp3) is 0.400. The molecule has 6 heteroatoms. The van der Waals surface area contributed by atoms with Crippen LogP contribution in [0, 0.1) is 23.3 Å². The highest BCUT2D eigenvalue weighted by atomic mass is 19.2. The van der Waals surface area contributed by atoms with Crippen LogP contribution in [0.4, 0.5) is 23.2 Å². The van der Waals surface area contributed by atoms with Crippen LogP contribution in [0.15, 0.2) is 6.07 Å². The minimum absolute atomic E-state index is 0.191. The van der Waals surface area contributed by atoms with Crippen LogP contribution in [0.25, 0.3) is 0 Å². The minimum Gasteiger partial charge on any atom is -0.365 e. The second-order valence-electron chi connectivity index (χ2n) is 3.81. The van der Waals surface area contributed by atoms with Crippen molar-refractivity contribution >= 4 is 5.69 Å². The molecule has 1 heterocycles. The topological polar surface area (TPSA) is 29.3 Å². The van der Waals surface area contributed by atoms with Gasteiger partial charge >= 0.3 is 0 Å². The maximum Gasteiger partial charge on any atom is 0.185 e. The highest BCUT2D eigenvalue weighted by molar-refractivity contribution is 5.51. The molecule has 0 radical (unpaired) electrons. The molecule has 88 valence electrons. The van der Waals surface area contributed by atoms with E-state index in [0.29, 0.717) is 6.42 Å². The van der Waals surface area contributed by atoms with Gasteiger partial charge in [-0.05, 0) is 6.42 Å². The number of nitrogens with two attached hydrogens (primary N) is 1. The van der Waals surface area contributed by atoms with Gasteiger partial charge in [0, 0.05) is 25.2 Å². The number of anilines is 1. The van der Waals surface area contributed by atoms with E-state index in [1.165, 1.54) is 4.90 Å². The third-order valence-electron chi connectivity index (χ3n) is 2.63. The first-order valence-electron chi connectivity index (χ1n) is 4.84. The summed E-state index contributed by atoms with van der Waals surface area (Å²) in [4.78, 5) is 1.22. The summed E-state index contributed by atoms with van der Waals surface area (Å²) < 4.78 is 52.6. The number of nitrogens with zero attached hydrogens (tertiary/aromatic N) is 1. The Morgan fingerprint density at radius 3 is 2.12 bits per heavy atom. The Hall–Kier alpha value is -1.30. The molecular formula is C10H10F4N2. The molecule has 2 nitrogen and oxygen atoms in total. The Labute approximate surface area is 89.6 Å². The molecular weight excluding hydrogens is 224 g/mol. The standard InChI is InChI=1S/C10H10F4N2/c11-6-3-7(12)9(14)10(8(6)13)16-2-1-5(15)4-16/h3,5H,1-2,4,15H2. The van der Waals surface area contributed by atoms with Crippen LogP contribution < -0.4 is 10.6 Å².